The van der Waals surface area contributed by atoms with E-state index in [2.05, 4.69) is 5.32 Å². The molecule has 0 saturated carbocycles. The molecule has 42 heavy (non-hydrogen) atoms. The highest BCUT2D eigenvalue weighted by Gasteiger charge is 2.34. The van der Waals surface area contributed by atoms with Gasteiger partial charge in [0.2, 0.25) is 11.8 Å². The van der Waals surface area contributed by atoms with Crippen molar-refractivity contribution in [1.82, 2.24) is 10.2 Å². The van der Waals surface area contributed by atoms with Crippen LogP contribution in [0.15, 0.2) is 77.7 Å². The molecule has 0 fully saturated rings. The summed E-state index contributed by atoms with van der Waals surface area (Å²) in [5.74, 6) is -0.0802. The van der Waals surface area contributed by atoms with Crippen LogP contribution >= 0.6 is 11.6 Å². The minimum absolute atomic E-state index is 0.0190. The fraction of sp³-hybridized carbons (Fsp3) is 0.355. The van der Waals surface area contributed by atoms with E-state index < -0.39 is 28.5 Å². The zero-order valence-corrected chi connectivity index (χ0v) is 26.1. The normalized spacial score (nSPS) is 12.0. The van der Waals surface area contributed by atoms with Gasteiger partial charge < -0.3 is 19.7 Å². The first-order chi connectivity index (χ1) is 20.0. The fourth-order valence-corrected chi connectivity index (χ4v) is 6.01. The highest BCUT2D eigenvalue weighted by Crippen LogP contribution is 2.32. The maximum Gasteiger partial charge on any atom is 0.264 e. The Kier molecular flexibility index (Phi) is 11.6. The number of benzene rings is 3. The molecule has 11 heteroatoms. The number of methoxy groups -OCH3 is 2. The van der Waals surface area contributed by atoms with Gasteiger partial charge in [0.1, 0.15) is 12.6 Å². The number of rotatable bonds is 14. The summed E-state index contributed by atoms with van der Waals surface area (Å²) < 4.78 is 39.8. The van der Waals surface area contributed by atoms with Crippen LogP contribution in [0.2, 0.25) is 5.02 Å². The monoisotopic (exact) mass is 615 g/mol. The molecule has 0 spiro atoms. The lowest BCUT2D eigenvalue weighted by Crippen LogP contribution is -2.52. The van der Waals surface area contributed by atoms with Gasteiger partial charge in [0.25, 0.3) is 10.0 Å². The molecule has 1 atom stereocenters. The summed E-state index contributed by atoms with van der Waals surface area (Å²) >= 11 is 6.44. The zero-order valence-electron chi connectivity index (χ0n) is 24.5. The topological polar surface area (TPSA) is 105 Å². The first-order valence-electron chi connectivity index (χ1n) is 13.6. The van der Waals surface area contributed by atoms with Crippen molar-refractivity contribution in [3.63, 3.8) is 0 Å². The lowest BCUT2D eigenvalue weighted by molar-refractivity contribution is -0.140. The van der Waals surface area contributed by atoms with Gasteiger partial charge >= 0.3 is 0 Å². The molecule has 0 aliphatic rings. The smallest absolute Gasteiger partial charge is 0.264 e. The van der Waals surface area contributed by atoms with E-state index in [1.54, 1.807) is 54.6 Å². The van der Waals surface area contributed by atoms with E-state index in [0.717, 1.165) is 4.31 Å². The maximum atomic E-state index is 14.1. The standard InChI is InChI=1S/C31H38ClN3O6S/c1-6-27(31(37)33-19-22(2)3)34(20-23-12-10-11-15-26(23)32)30(36)21-35(24-13-8-7-9-14-24)42(38,39)25-16-17-28(40-4)29(18-25)41-5/h7-18,22,27H,6,19-21H2,1-5H3,(H,33,37). The Hall–Kier alpha value is -3.76. The largest absolute Gasteiger partial charge is 0.493 e. The molecule has 0 aliphatic heterocycles. The summed E-state index contributed by atoms with van der Waals surface area (Å²) in [4.78, 5) is 28.8. The number of carbonyl (C=O) groups is 2. The van der Waals surface area contributed by atoms with Crippen LogP contribution in [0.1, 0.15) is 32.8 Å². The Labute approximate surface area is 253 Å². The van der Waals surface area contributed by atoms with E-state index in [0.29, 0.717) is 29.3 Å². The van der Waals surface area contributed by atoms with Crippen molar-refractivity contribution in [2.24, 2.45) is 5.92 Å². The fourth-order valence-electron chi connectivity index (χ4n) is 4.38. The van der Waals surface area contributed by atoms with Gasteiger partial charge in [0.05, 0.1) is 24.8 Å². The average Bonchev–Trinajstić information content (AvgIpc) is 2.99. The molecule has 0 radical (unpaired) electrons. The second-order valence-electron chi connectivity index (χ2n) is 10.0. The SMILES string of the molecule is CCC(C(=O)NCC(C)C)N(Cc1ccccc1Cl)C(=O)CN(c1ccccc1)S(=O)(=O)c1ccc(OC)c(OC)c1. The van der Waals surface area contributed by atoms with Crippen LogP contribution < -0.4 is 19.1 Å². The molecular formula is C31H38ClN3O6S. The highest BCUT2D eigenvalue weighted by atomic mass is 35.5. The average molecular weight is 616 g/mol. The molecule has 0 saturated heterocycles. The quantitative estimate of drug-likeness (QED) is 0.270. The molecule has 3 aromatic carbocycles. The first-order valence-corrected chi connectivity index (χ1v) is 15.5. The molecule has 1 N–H and O–H groups in total. The summed E-state index contributed by atoms with van der Waals surface area (Å²) in [5, 5.41) is 3.35. The maximum absolute atomic E-state index is 14.1. The van der Waals surface area contributed by atoms with Gasteiger partial charge in [-0.3, -0.25) is 13.9 Å². The molecule has 0 heterocycles. The molecule has 9 nitrogen and oxygen atoms in total. The number of ether oxygens (including phenoxy) is 2. The molecule has 226 valence electrons. The molecule has 2 amide bonds. The molecule has 0 aliphatic carbocycles. The Morgan fingerprint density at radius 2 is 1.57 bits per heavy atom. The Morgan fingerprint density at radius 3 is 2.17 bits per heavy atom. The van der Waals surface area contributed by atoms with Gasteiger partial charge in [-0.25, -0.2) is 8.42 Å². The molecule has 3 aromatic rings. The summed E-state index contributed by atoms with van der Waals surface area (Å²) in [5.41, 5.74) is 0.923. The minimum Gasteiger partial charge on any atom is -0.493 e. The van der Waals surface area contributed by atoms with E-state index in [1.165, 1.54) is 37.3 Å². The number of anilines is 1. The first kappa shape index (κ1) is 32.8. The van der Waals surface area contributed by atoms with Crippen molar-refractivity contribution in [1.29, 1.82) is 0 Å². The van der Waals surface area contributed by atoms with Crippen LogP contribution in [-0.2, 0) is 26.2 Å². The number of sulfonamides is 1. The Balaban J connectivity index is 2.07. The van der Waals surface area contributed by atoms with Crippen LogP contribution in [0.4, 0.5) is 5.69 Å². The van der Waals surface area contributed by atoms with E-state index in [1.807, 2.05) is 20.8 Å². The van der Waals surface area contributed by atoms with Crippen molar-refractivity contribution in [2.45, 2.75) is 44.7 Å². The zero-order chi connectivity index (χ0) is 30.9. The highest BCUT2D eigenvalue weighted by molar-refractivity contribution is 7.92. The Morgan fingerprint density at radius 1 is 0.929 bits per heavy atom. The lowest BCUT2D eigenvalue weighted by atomic mass is 10.1. The van der Waals surface area contributed by atoms with Crippen LogP contribution in [0.25, 0.3) is 0 Å². The number of nitrogens with zero attached hydrogens (tertiary/aromatic N) is 2. The van der Waals surface area contributed by atoms with Crippen LogP contribution in [0.3, 0.4) is 0 Å². The summed E-state index contributed by atoms with van der Waals surface area (Å²) in [7, 11) is -1.41. The van der Waals surface area contributed by atoms with Gasteiger partial charge in [0, 0.05) is 24.2 Å². The van der Waals surface area contributed by atoms with Gasteiger partial charge in [0.15, 0.2) is 11.5 Å². The summed E-state index contributed by atoms with van der Waals surface area (Å²) in [6.07, 6.45) is 0.313. The number of para-hydroxylation sites is 1. The van der Waals surface area contributed by atoms with E-state index in [4.69, 9.17) is 21.1 Å². The third-order valence-electron chi connectivity index (χ3n) is 6.64. The minimum atomic E-state index is -4.27. The van der Waals surface area contributed by atoms with Crippen molar-refractivity contribution < 1.29 is 27.5 Å². The molecular weight excluding hydrogens is 578 g/mol. The van der Waals surface area contributed by atoms with Crippen molar-refractivity contribution in [2.75, 3.05) is 31.6 Å². The second-order valence-corrected chi connectivity index (χ2v) is 12.3. The third-order valence-corrected chi connectivity index (χ3v) is 8.77. The number of nitrogens with one attached hydrogen (secondary N) is 1. The van der Waals surface area contributed by atoms with Gasteiger partial charge in [-0.05, 0) is 48.2 Å². The van der Waals surface area contributed by atoms with Crippen molar-refractivity contribution >= 4 is 39.1 Å². The molecule has 1 unspecified atom stereocenters. The van der Waals surface area contributed by atoms with Gasteiger partial charge in [-0.1, -0.05) is 68.8 Å². The third kappa shape index (κ3) is 7.95. The van der Waals surface area contributed by atoms with Crippen LogP contribution in [0, 0.1) is 5.92 Å². The molecule has 0 aromatic heterocycles. The number of hydrogen-bond donors (Lipinski definition) is 1. The number of carbonyl (C=O) groups excluding carboxylic acids is 2. The van der Waals surface area contributed by atoms with E-state index in [9.17, 15) is 18.0 Å². The van der Waals surface area contributed by atoms with Gasteiger partial charge in [-0.2, -0.15) is 0 Å². The van der Waals surface area contributed by atoms with E-state index in [-0.39, 0.29) is 34.7 Å². The predicted octanol–water partition coefficient (Wildman–Crippen LogP) is 5.13. The summed E-state index contributed by atoms with van der Waals surface area (Å²) in [6.45, 7) is 5.66. The van der Waals surface area contributed by atoms with Crippen LogP contribution in [0.5, 0.6) is 11.5 Å². The summed E-state index contributed by atoms with van der Waals surface area (Å²) in [6, 6.07) is 18.8. The Bertz CT molecular complexity index is 1470. The van der Waals surface area contributed by atoms with Crippen molar-refractivity contribution in [3.8, 4) is 11.5 Å². The molecule has 3 rings (SSSR count). The lowest BCUT2D eigenvalue weighted by Gasteiger charge is -2.33. The number of hydrogen-bond acceptors (Lipinski definition) is 6. The molecule has 0 bridgehead atoms. The van der Waals surface area contributed by atoms with Gasteiger partial charge in [-0.15, -0.1) is 0 Å². The predicted molar refractivity (Wildman–Crippen MR) is 164 cm³/mol. The van der Waals surface area contributed by atoms with Crippen molar-refractivity contribution in [3.05, 3.63) is 83.4 Å². The number of halogens is 1. The van der Waals surface area contributed by atoms with Crippen LogP contribution in [-0.4, -0.2) is 58.5 Å². The number of amides is 2. The second kappa shape index (κ2) is 14.9. The van der Waals surface area contributed by atoms with E-state index >= 15 is 0 Å².